The molecule has 0 rings (SSSR count). The third kappa shape index (κ3) is 54.7. The topological polar surface area (TPSA) is 78.9 Å². The van der Waals surface area contributed by atoms with Crippen LogP contribution in [0.1, 0.15) is 245 Å². The number of ether oxygens (including phenoxy) is 3. The molecule has 0 aliphatic carbocycles. The lowest BCUT2D eigenvalue weighted by molar-refractivity contribution is -0.167. The van der Waals surface area contributed by atoms with Gasteiger partial charge in [-0.15, -0.1) is 0 Å². The lowest BCUT2D eigenvalue weighted by Gasteiger charge is -2.18. The van der Waals surface area contributed by atoms with E-state index in [1.807, 2.05) is 24.3 Å². The van der Waals surface area contributed by atoms with Gasteiger partial charge < -0.3 is 14.2 Å². The number of unbranched alkanes of at least 4 members (excludes halogenated alkanes) is 23. The van der Waals surface area contributed by atoms with E-state index in [0.29, 0.717) is 19.3 Å². The van der Waals surface area contributed by atoms with Crippen molar-refractivity contribution < 1.29 is 28.6 Å². The first kappa shape index (κ1) is 65.8. The molecule has 0 radical (unpaired) electrons. The molecular weight excluding hydrogens is 865 g/mol. The van der Waals surface area contributed by atoms with Crippen LogP contribution in [0.3, 0.4) is 0 Å². The third-order valence-electron chi connectivity index (χ3n) is 11.8. The summed E-state index contributed by atoms with van der Waals surface area (Å²) in [5.41, 5.74) is 0. The van der Waals surface area contributed by atoms with Gasteiger partial charge in [-0.25, -0.2) is 0 Å². The Bertz CT molecular complexity index is 1490. The number of esters is 3. The summed E-state index contributed by atoms with van der Waals surface area (Å²) in [4.78, 5) is 38.2. The minimum absolute atomic E-state index is 0.0985. The first-order valence-corrected chi connectivity index (χ1v) is 28.6. The van der Waals surface area contributed by atoms with Crippen LogP contribution >= 0.6 is 0 Å². The first-order valence-electron chi connectivity index (χ1n) is 28.6. The lowest BCUT2D eigenvalue weighted by atomic mass is 10.1. The van der Waals surface area contributed by atoms with E-state index >= 15 is 0 Å². The number of hydrogen-bond acceptors (Lipinski definition) is 6. The van der Waals surface area contributed by atoms with Crippen LogP contribution in [0.15, 0.2) is 122 Å². The van der Waals surface area contributed by atoms with Crippen molar-refractivity contribution in [2.45, 2.75) is 252 Å². The summed E-state index contributed by atoms with van der Waals surface area (Å²) in [6.07, 6.45) is 78.9. The van der Waals surface area contributed by atoms with Crippen molar-refractivity contribution in [3.05, 3.63) is 122 Å². The fourth-order valence-corrected chi connectivity index (χ4v) is 7.52. The van der Waals surface area contributed by atoms with Crippen molar-refractivity contribution in [2.75, 3.05) is 13.2 Å². The predicted octanol–water partition coefficient (Wildman–Crippen LogP) is 19.3. The van der Waals surface area contributed by atoms with E-state index in [2.05, 4.69) is 118 Å². The average Bonchev–Trinajstić information content (AvgIpc) is 3.36. The molecule has 0 heterocycles. The molecule has 6 nitrogen and oxygen atoms in total. The van der Waals surface area contributed by atoms with Gasteiger partial charge in [-0.1, -0.05) is 245 Å². The smallest absolute Gasteiger partial charge is 0.306 e. The van der Waals surface area contributed by atoms with Gasteiger partial charge in [0.2, 0.25) is 0 Å². The summed E-state index contributed by atoms with van der Waals surface area (Å²) < 4.78 is 16.8. The lowest BCUT2D eigenvalue weighted by Crippen LogP contribution is -2.30. The molecule has 396 valence electrons. The van der Waals surface area contributed by atoms with Gasteiger partial charge in [0, 0.05) is 19.3 Å². The van der Waals surface area contributed by atoms with Crippen molar-refractivity contribution in [3.63, 3.8) is 0 Å². The van der Waals surface area contributed by atoms with Crippen LogP contribution < -0.4 is 0 Å². The van der Waals surface area contributed by atoms with E-state index in [1.54, 1.807) is 0 Å². The number of allylic oxidation sites excluding steroid dienone is 20. The Balaban J connectivity index is 4.50. The molecule has 0 aliphatic rings. The van der Waals surface area contributed by atoms with Crippen LogP contribution in [0.4, 0.5) is 0 Å². The van der Waals surface area contributed by atoms with Crippen LogP contribution in [0.25, 0.3) is 0 Å². The Labute approximate surface area is 431 Å². The minimum Gasteiger partial charge on any atom is -0.462 e. The fraction of sp³-hybridized carbons (Fsp3) is 0.641. The highest BCUT2D eigenvalue weighted by Gasteiger charge is 2.19. The monoisotopic (exact) mass is 969 g/mol. The summed E-state index contributed by atoms with van der Waals surface area (Å²) in [5, 5.41) is 0. The summed E-state index contributed by atoms with van der Waals surface area (Å²) in [6, 6.07) is 0. The highest BCUT2D eigenvalue weighted by Crippen LogP contribution is 2.14. The second-order valence-corrected chi connectivity index (χ2v) is 18.6. The molecule has 0 aromatic carbocycles. The Morgan fingerprint density at radius 1 is 0.314 bits per heavy atom. The summed E-state index contributed by atoms with van der Waals surface area (Å²) in [6.45, 7) is 6.39. The van der Waals surface area contributed by atoms with Gasteiger partial charge in [0.1, 0.15) is 13.2 Å². The minimum atomic E-state index is -0.804. The zero-order chi connectivity index (χ0) is 50.7. The Hall–Kier alpha value is -4.19. The molecule has 0 aromatic heterocycles. The quantitative estimate of drug-likeness (QED) is 0.0199. The van der Waals surface area contributed by atoms with Gasteiger partial charge in [0.15, 0.2) is 6.10 Å². The van der Waals surface area contributed by atoms with Crippen LogP contribution in [0.2, 0.25) is 0 Å². The van der Waals surface area contributed by atoms with Crippen molar-refractivity contribution in [1.29, 1.82) is 0 Å². The van der Waals surface area contributed by atoms with Crippen molar-refractivity contribution in [3.8, 4) is 0 Å². The normalized spacial score (nSPS) is 13.0. The van der Waals surface area contributed by atoms with E-state index in [1.165, 1.54) is 83.5 Å². The predicted molar refractivity (Wildman–Crippen MR) is 302 cm³/mol. The second-order valence-electron chi connectivity index (χ2n) is 18.6. The molecule has 0 spiro atoms. The summed E-state index contributed by atoms with van der Waals surface area (Å²) in [7, 11) is 0. The maximum absolute atomic E-state index is 12.9. The molecule has 0 saturated carbocycles. The molecule has 0 bridgehead atoms. The number of carbonyl (C=O) groups excluding carboxylic acids is 3. The molecule has 0 aromatic rings. The summed E-state index contributed by atoms with van der Waals surface area (Å²) in [5.74, 6) is -0.944. The van der Waals surface area contributed by atoms with Gasteiger partial charge in [-0.3, -0.25) is 14.4 Å². The molecule has 70 heavy (non-hydrogen) atoms. The van der Waals surface area contributed by atoms with Crippen LogP contribution in [-0.4, -0.2) is 37.2 Å². The first-order chi connectivity index (χ1) is 34.5. The molecule has 0 fully saturated rings. The third-order valence-corrected chi connectivity index (χ3v) is 11.8. The standard InChI is InChI=1S/C64H104O6/c1-4-7-10-13-16-19-22-25-28-30-32-34-36-39-42-45-48-51-54-57-63(66)69-60-61(59-68-62(65)56-53-50-47-44-41-38-35-27-24-21-18-15-12-9-6-3)70-64(67)58-55-52-49-46-43-40-37-33-31-29-26-23-20-17-14-11-8-5-2/h7,10-11,14,16-17,19-21,23-26,28-29,31-34,37,61H,4-6,8-9,12-13,15,18,22,27,30,35-36,38-60H2,1-3H3/b10-7-,14-11-,19-16-,20-17-,24-21-,26-23-,28-25-,31-29-,34-32-,37-33-. The van der Waals surface area contributed by atoms with Gasteiger partial charge >= 0.3 is 17.9 Å². The number of carbonyl (C=O) groups is 3. The Morgan fingerprint density at radius 2 is 0.643 bits per heavy atom. The van der Waals surface area contributed by atoms with Crippen LogP contribution in [-0.2, 0) is 28.6 Å². The maximum atomic E-state index is 12.9. The summed E-state index contributed by atoms with van der Waals surface area (Å²) >= 11 is 0. The molecule has 1 atom stereocenters. The zero-order valence-electron chi connectivity index (χ0n) is 45.2. The molecule has 0 saturated heterocycles. The largest absolute Gasteiger partial charge is 0.462 e. The molecule has 0 aliphatic heterocycles. The Morgan fingerprint density at radius 3 is 1.07 bits per heavy atom. The van der Waals surface area contributed by atoms with Crippen molar-refractivity contribution >= 4 is 17.9 Å². The number of hydrogen-bond donors (Lipinski definition) is 0. The maximum Gasteiger partial charge on any atom is 0.306 e. The van der Waals surface area contributed by atoms with E-state index in [0.717, 1.165) is 122 Å². The van der Waals surface area contributed by atoms with E-state index in [4.69, 9.17) is 14.2 Å². The average molecular weight is 970 g/mol. The molecular formula is C64H104O6. The fourth-order valence-electron chi connectivity index (χ4n) is 7.52. The number of rotatable bonds is 50. The van der Waals surface area contributed by atoms with Gasteiger partial charge in [0.25, 0.3) is 0 Å². The SMILES string of the molecule is CC/C=C\C/C=C\C/C=C\C/C=C\CCCCCCCCC(=O)OCC(COC(=O)CCCCCCCCC/C=C\CCCCCC)OC(=O)CCCCCCC\C=C/C=C\C=C/C=C\C=C/CCC. The highest BCUT2D eigenvalue weighted by molar-refractivity contribution is 5.71. The molecule has 6 heteroatoms. The zero-order valence-corrected chi connectivity index (χ0v) is 45.2. The van der Waals surface area contributed by atoms with Crippen molar-refractivity contribution in [1.82, 2.24) is 0 Å². The molecule has 0 N–H and O–H groups in total. The molecule has 0 amide bonds. The van der Waals surface area contributed by atoms with Crippen LogP contribution in [0, 0.1) is 0 Å². The van der Waals surface area contributed by atoms with Gasteiger partial charge in [-0.05, 0) is 103 Å². The van der Waals surface area contributed by atoms with E-state index in [-0.39, 0.29) is 31.1 Å². The van der Waals surface area contributed by atoms with Crippen LogP contribution in [0.5, 0.6) is 0 Å². The molecule has 1 unspecified atom stereocenters. The van der Waals surface area contributed by atoms with E-state index in [9.17, 15) is 14.4 Å². The van der Waals surface area contributed by atoms with Crippen molar-refractivity contribution in [2.24, 2.45) is 0 Å². The highest BCUT2D eigenvalue weighted by atomic mass is 16.6. The Kier molecular flexibility index (Phi) is 54.0. The van der Waals surface area contributed by atoms with Gasteiger partial charge in [0.05, 0.1) is 0 Å². The second kappa shape index (κ2) is 57.4. The van der Waals surface area contributed by atoms with E-state index < -0.39 is 6.10 Å². The van der Waals surface area contributed by atoms with Gasteiger partial charge in [-0.2, -0.15) is 0 Å².